The van der Waals surface area contributed by atoms with E-state index in [2.05, 4.69) is 13.8 Å². The molecule has 1 aliphatic heterocycles. The Balaban J connectivity index is 1.79. The zero-order valence-electron chi connectivity index (χ0n) is 26.7. The van der Waals surface area contributed by atoms with Gasteiger partial charge in [-0.1, -0.05) is 187 Å². The molecule has 0 radical (unpaired) electrons. The molecular formula is C36H72O2. The summed E-state index contributed by atoms with van der Waals surface area (Å²) in [6.45, 7) is 6.40. The van der Waals surface area contributed by atoms with Crippen LogP contribution in [0.1, 0.15) is 213 Å². The highest BCUT2D eigenvalue weighted by molar-refractivity contribution is 4.78. The lowest BCUT2D eigenvalue weighted by Gasteiger charge is -2.41. The van der Waals surface area contributed by atoms with Gasteiger partial charge in [0.05, 0.1) is 13.2 Å². The quantitative estimate of drug-likeness (QED) is 0.0796. The van der Waals surface area contributed by atoms with E-state index in [0.29, 0.717) is 0 Å². The van der Waals surface area contributed by atoms with Gasteiger partial charge in [-0.2, -0.15) is 0 Å². The van der Waals surface area contributed by atoms with E-state index in [1.54, 1.807) is 0 Å². The summed E-state index contributed by atoms with van der Waals surface area (Å²) in [6, 6.07) is 0. The summed E-state index contributed by atoms with van der Waals surface area (Å²) in [7, 11) is 0. The normalized spacial score (nSPS) is 17.2. The maximum atomic E-state index is 6.27. The summed E-state index contributed by atoms with van der Waals surface area (Å²) in [6.07, 6.45) is 43.3. The van der Waals surface area contributed by atoms with Crippen molar-refractivity contribution >= 4 is 0 Å². The van der Waals surface area contributed by atoms with Crippen LogP contribution in [0.2, 0.25) is 0 Å². The molecule has 1 aliphatic rings. The second-order valence-electron chi connectivity index (χ2n) is 12.7. The van der Waals surface area contributed by atoms with Gasteiger partial charge in [0.15, 0.2) is 5.79 Å². The van der Waals surface area contributed by atoms with Crippen molar-refractivity contribution in [2.75, 3.05) is 13.2 Å². The molecule has 0 aliphatic carbocycles. The molecule has 1 fully saturated rings. The van der Waals surface area contributed by atoms with Gasteiger partial charge in [0.2, 0.25) is 0 Å². The number of hydrogen-bond donors (Lipinski definition) is 0. The number of rotatable bonds is 32. The van der Waals surface area contributed by atoms with E-state index >= 15 is 0 Å². The molecule has 1 saturated heterocycles. The number of unbranched alkanes of at least 4 members (excludes halogenated alkanes) is 27. The fraction of sp³-hybridized carbons (Fsp3) is 1.00. The highest BCUT2D eigenvalue weighted by Crippen LogP contribution is 2.34. The van der Waals surface area contributed by atoms with E-state index in [0.717, 1.165) is 26.1 Å². The van der Waals surface area contributed by atoms with E-state index in [-0.39, 0.29) is 5.79 Å². The molecule has 1 rings (SSSR count). The number of ether oxygens (including phenoxy) is 2. The Morgan fingerprint density at radius 3 is 1.00 bits per heavy atom. The molecule has 38 heavy (non-hydrogen) atoms. The van der Waals surface area contributed by atoms with E-state index in [4.69, 9.17) is 9.47 Å². The molecule has 0 aromatic carbocycles. The molecule has 0 aromatic rings. The van der Waals surface area contributed by atoms with Crippen molar-refractivity contribution in [3.63, 3.8) is 0 Å². The van der Waals surface area contributed by atoms with Crippen molar-refractivity contribution in [2.24, 2.45) is 0 Å². The van der Waals surface area contributed by atoms with Gasteiger partial charge < -0.3 is 9.47 Å². The van der Waals surface area contributed by atoms with Crippen LogP contribution in [-0.4, -0.2) is 19.0 Å². The topological polar surface area (TPSA) is 18.5 Å². The monoisotopic (exact) mass is 537 g/mol. The van der Waals surface area contributed by atoms with Crippen LogP contribution in [0.15, 0.2) is 0 Å². The van der Waals surface area contributed by atoms with Gasteiger partial charge in [0, 0.05) is 12.8 Å². The summed E-state index contributed by atoms with van der Waals surface area (Å²) in [5, 5.41) is 0. The van der Waals surface area contributed by atoms with Crippen LogP contribution in [0.3, 0.4) is 0 Å². The van der Waals surface area contributed by atoms with Crippen molar-refractivity contribution in [3.05, 3.63) is 0 Å². The third kappa shape index (κ3) is 22.7. The second kappa shape index (κ2) is 28.4. The first-order chi connectivity index (χ1) is 18.8. The van der Waals surface area contributed by atoms with Crippen molar-refractivity contribution in [2.45, 2.75) is 219 Å². The minimum atomic E-state index is -0.201. The van der Waals surface area contributed by atoms with Gasteiger partial charge in [-0.05, 0) is 12.8 Å². The van der Waals surface area contributed by atoms with E-state index in [9.17, 15) is 0 Å². The average molecular weight is 537 g/mol. The Morgan fingerprint density at radius 1 is 0.421 bits per heavy atom. The van der Waals surface area contributed by atoms with Crippen LogP contribution < -0.4 is 0 Å². The first kappa shape index (κ1) is 35.9. The van der Waals surface area contributed by atoms with E-state index in [1.807, 2.05) is 0 Å². The SMILES string of the molecule is CCCCCCCCCCCCCCCCCCOC1(CCCCCCCCCCCCCCC)CCO1. The van der Waals surface area contributed by atoms with Crippen LogP contribution >= 0.6 is 0 Å². The van der Waals surface area contributed by atoms with Crippen molar-refractivity contribution in [3.8, 4) is 0 Å². The smallest absolute Gasteiger partial charge is 0.170 e. The number of hydrogen-bond acceptors (Lipinski definition) is 2. The van der Waals surface area contributed by atoms with Crippen molar-refractivity contribution < 1.29 is 9.47 Å². The molecule has 2 heteroatoms. The molecule has 228 valence electrons. The van der Waals surface area contributed by atoms with E-state index in [1.165, 1.54) is 186 Å². The summed E-state index contributed by atoms with van der Waals surface area (Å²) in [5.41, 5.74) is 0. The predicted molar refractivity (Wildman–Crippen MR) is 169 cm³/mol. The fourth-order valence-electron chi connectivity index (χ4n) is 6.03. The molecule has 2 nitrogen and oxygen atoms in total. The predicted octanol–water partition coefficient (Wildman–Crippen LogP) is 12.9. The summed E-state index contributed by atoms with van der Waals surface area (Å²) >= 11 is 0. The standard InChI is InChI=1S/C36H72O2/c1-3-5-7-9-11-13-15-17-18-19-21-23-25-27-29-31-34-37-36(33-35-38-36)32-30-28-26-24-22-20-16-14-12-10-8-6-4-2/h3-35H2,1-2H3. The molecule has 0 bridgehead atoms. The van der Waals surface area contributed by atoms with Crippen LogP contribution in [0.5, 0.6) is 0 Å². The van der Waals surface area contributed by atoms with Crippen LogP contribution in [0.25, 0.3) is 0 Å². The lowest BCUT2D eigenvalue weighted by molar-refractivity contribution is -0.311. The molecular weight excluding hydrogens is 464 g/mol. The van der Waals surface area contributed by atoms with Gasteiger partial charge in [0.25, 0.3) is 0 Å². The second-order valence-corrected chi connectivity index (χ2v) is 12.7. The van der Waals surface area contributed by atoms with Crippen LogP contribution in [0.4, 0.5) is 0 Å². The molecule has 0 saturated carbocycles. The molecule has 1 heterocycles. The molecule has 0 N–H and O–H groups in total. The zero-order valence-corrected chi connectivity index (χ0v) is 26.7. The maximum Gasteiger partial charge on any atom is 0.170 e. The maximum absolute atomic E-state index is 6.27. The fourth-order valence-corrected chi connectivity index (χ4v) is 6.03. The highest BCUT2D eigenvalue weighted by atomic mass is 16.7. The van der Waals surface area contributed by atoms with Gasteiger partial charge in [0.1, 0.15) is 0 Å². The van der Waals surface area contributed by atoms with Crippen LogP contribution in [-0.2, 0) is 9.47 Å². The zero-order chi connectivity index (χ0) is 27.2. The van der Waals surface area contributed by atoms with Gasteiger partial charge in [-0.15, -0.1) is 0 Å². The third-order valence-electron chi connectivity index (χ3n) is 8.87. The Kier molecular flexibility index (Phi) is 26.9. The first-order valence-corrected chi connectivity index (χ1v) is 18.1. The Bertz CT molecular complexity index is 445. The highest BCUT2D eigenvalue weighted by Gasteiger charge is 2.38. The van der Waals surface area contributed by atoms with Crippen LogP contribution in [0, 0.1) is 0 Å². The minimum Gasteiger partial charge on any atom is -0.350 e. The van der Waals surface area contributed by atoms with Crippen molar-refractivity contribution in [1.82, 2.24) is 0 Å². The summed E-state index contributed by atoms with van der Waals surface area (Å²) < 4.78 is 12.2. The van der Waals surface area contributed by atoms with E-state index < -0.39 is 0 Å². The molecule has 0 aromatic heterocycles. The summed E-state index contributed by atoms with van der Waals surface area (Å²) in [4.78, 5) is 0. The molecule has 1 unspecified atom stereocenters. The summed E-state index contributed by atoms with van der Waals surface area (Å²) in [5.74, 6) is -0.201. The van der Waals surface area contributed by atoms with Gasteiger partial charge in [-0.3, -0.25) is 0 Å². The van der Waals surface area contributed by atoms with Gasteiger partial charge in [-0.25, -0.2) is 0 Å². The third-order valence-corrected chi connectivity index (χ3v) is 8.87. The van der Waals surface area contributed by atoms with Gasteiger partial charge >= 0.3 is 0 Å². The minimum absolute atomic E-state index is 0.201. The molecule has 0 spiro atoms. The largest absolute Gasteiger partial charge is 0.350 e. The Morgan fingerprint density at radius 2 is 0.711 bits per heavy atom. The molecule has 0 amide bonds. The lowest BCUT2D eigenvalue weighted by atomic mass is 9.99. The first-order valence-electron chi connectivity index (χ1n) is 18.1. The average Bonchev–Trinajstić information content (AvgIpc) is 2.91. The Hall–Kier alpha value is -0.0800. The van der Waals surface area contributed by atoms with Crippen molar-refractivity contribution in [1.29, 1.82) is 0 Å². The Labute approximate surface area is 241 Å². The molecule has 1 atom stereocenters. The lowest BCUT2D eigenvalue weighted by Crippen LogP contribution is -2.46.